The molecule has 1 atom stereocenters. The number of hydrogen-bond donors (Lipinski definition) is 4. The molecule has 0 aliphatic heterocycles. The maximum atomic E-state index is 11.1. The fourth-order valence-electron chi connectivity index (χ4n) is 3.59. The standard InChI is InChI=1S/C25H33N5O5/c1-6-17-9-18(7-15(4)23(17)34-13-20(32)11-26-22(33)12-31)24-29-25(35-30-24)19-8-16(5)28-21(10-19)27-14(2)3/h7-10,14,20,31-32H,6,11-13H2,1-5H3,(H,26,33)(H,27,28). The van der Waals surface area contributed by atoms with Crippen LogP contribution >= 0.6 is 0 Å². The molecule has 4 N–H and O–H groups in total. The number of aliphatic hydroxyl groups excluding tert-OH is 2. The molecule has 0 radical (unpaired) electrons. The molecule has 1 amide bonds. The summed E-state index contributed by atoms with van der Waals surface area (Å²) in [4.78, 5) is 20.3. The van der Waals surface area contributed by atoms with Crippen LogP contribution in [0.2, 0.25) is 0 Å². The molecule has 0 fully saturated rings. The normalized spacial score (nSPS) is 12.0. The number of carbonyl (C=O) groups is 1. The second-order valence-electron chi connectivity index (χ2n) is 8.67. The number of benzene rings is 1. The Morgan fingerprint density at radius 2 is 1.91 bits per heavy atom. The topological polar surface area (TPSA) is 143 Å². The summed E-state index contributed by atoms with van der Waals surface area (Å²) >= 11 is 0. The second kappa shape index (κ2) is 11.8. The number of nitrogens with zero attached hydrogens (tertiary/aromatic N) is 3. The minimum Gasteiger partial charge on any atom is -0.490 e. The fraction of sp³-hybridized carbons (Fsp3) is 0.440. The number of nitrogens with one attached hydrogen (secondary N) is 2. The zero-order valence-corrected chi connectivity index (χ0v) is 20.8. The van der Waals surface area contributed by atoms with Crippen molar-refractivity contribution in [2.24, 2.45) is 0 Å². The molecular formula is C25H33N5O5. The van der Waals surface area contributed by atoms with Gasteiger partial charge in [0.25, 0.3) is 5.89 Å². The van der Waals surface area contributed by atoms with Gasteiger partial charge in [-0.3, -0.25) is 4.79 Å². The maximum Gasteiger partial charge on any atom is 0.258 e. The average Bonchev–Trinajstić information content (AvgIpc) is 3.31. The molecule has 3 aromatic rings. The van der Waals surface area contributed by atoms with Gasteiger partial charge in [-0.1, -0.05) is 12.1 Å². The average molecular weight is 484 g/mol. The van der Waals surface area contributed by atoms with Gasteiger partial charge < -0.3 is 30.1 Å². The van der Waals surface area contributed by atoms with E-state index in [0.29, 0.717) is 23.9 Å². The van der Waals surface area contributed by atoms with Crippen molar-refractivity contribution in [2.45, 2.75) is 53.2 Å². The van der Waals surface area contributed by atoms with E-state index in [9.17, 15) is 9.90 Å². The molecule has 0 saturated heterocycles. The molecular weight excluding hydrogens is 450 g/mol. The Bertz CT molecular complexity index is 1160. The highest BCUT2D eigenvalue weighted by atomic mass is 16.5. The first-order valence-corrected chi connectivity index (χ1v) is 11.6. The molecule has 0 spiro atoms. The number of rotatable bonds is 11. The lowest BCUT2D eigenvalue weighted by Crippen LogP contribution is -2.36. The van der Waals surface area contributed by atoms with Crippen LogP contribution < -0.4 is 15.4 Å². The molecule has 2 heterocycles. The number of pyridine rings is 1. The Balaban J connectivity index is 1.79. The van der Waals surface area contributed by atoms with Crippen LogP contribution in [0.3, 0.4) is 0 Å². The maximum absolute atomic E-state index is 11.1. The van der Waals surface area contributed by atoms with E-state index in [0.717, 1.165) is 33.8 Å². The highest BCUT2D eigenvalue weighted by Gasteiger charge is 2.17. The van der Waals surface area contributed by atoms with Crippen molar-refractivity contribution in [3.05, 3.63) is 41.1 Å². The largest absolute Gasteiger partial charge is 0.490 e. The number of aliphatic hydroxyl groups is 2. The minimum atomic E-state index is -0.909. The summed E-state index contributed by atoms with van der Waals surface area (Å²) in [5.41, 5.74) is 4.22. The first-order valence-electron chi connectivity index (χ1n) is 11.6. The first-order chi connectivity index (χ1) is 16.7. The molecule has 10 heteroatoms. The van der Waals surface area contributed by atoms with E-state index < -0.39 is 18.6 Å². The zero-order chi connectivity index (χ0) is 25.5. The molecule has 1 aromatic carbocycles. The Morgan fingerprint density at radius 1 is 1.14 bits per heavy atom. The third-order valence-corrected chi connectivity index (χ3v) is 5.15. The summed E-state index contributed by atoms with van der Waals surface area (Å²) < 4.78 is 11.4. The highest BCUT2D eigenvalue weighted by Crippen LogP contribution is 2.31. The van der Waals surface area contributed by atoms with Crippen LogP contribution in [0.5, 0.6) is 5.75 Å². The number of anilines is 1. The Morgan fingerprint density at radius 3 is 2.60 bits per heavy atom. The van der Waals surface area contributed by atoms with E-state index in [1.165, 1.54) is 0 Å². The van der Waals surface area contributed by atoms with Crippen LogP contribution in [0.25, 0.3) is 22.8 Å². The lowest BCUT2D eigenvalue weighted by molar-refractivity contribution is -0.124. The van der Waals surface area contributed by atoms with Crippen molar-refractivity contribution in [3.63, 3.8) is 0 Å². The number of amides is 1. The van der Waals surface area contributed by atoms with Gasteiger partial charge in [0.15, 0.2) is 0 Å². The Hall–Kier alpha value is -3.50. The quantitative estimate of drug-likeness (QED) is 0.324. The van der Waals surface area contributed by atoms with Gasteiger partial charge in [-0.25, -0.2) is 4.98 Å². The first kappa shape index (κ1) is 26.1. The van der Waals surface area contributed by atoms with Crippen molar-refractivity contribution >= 4 is 11.7 Å². The van der Waals surface area contributed by atoms with Crippen molar-refractivity contribution in [1.82, 2.24) is 20.4 Å². The van der Waals surface area contributed by atoms with E-state index in [2.05, 4.69) is 25.8 Å². The third kappa shape index (κ3) is 7.00. The number of ether oxygens (including phenoxy) is 1. The van der Waals surface area contributed by atoms with Crippen LogP contribution in [0.1, 0.15) is 37.6 Å². The number of aromatic nitrogens is 3. The van der Waals surface area contributed by atoms with Crippen LogP contribution in [-0.4, -0.2) is 63.1 Å². The monoisotopic (exact) mass is 483 g/mol. The molecule has 0 aliphatic rings. The zero-order valence-electron chi connectivity index (χ0n) is 20.8. The summed E-state index contributed by atoms with van der Waals surface area (Å²) in [5, 5.41) is 28.7. The van der Waals surface area contributed by atoms with E-state index in [-0.39, 0.29) is 19.2 Å². The summed E-state index contributed by atoms with van der Waals surface area (Å²) in [5.74, 6) is 1.73. The molecule has 0 bridgehead atoms. The number of hydrogen-bond acceptors (Lipinski definition) is 9. The van der Waals surface area contributed by atoms with Gasteiger partial charge in [-0.15, -0.1) is 0 Å². The van der Waals surface area contributed by atoms with Crippen molar-refractivity contribution in [1.29, 1.82) is 0 Å². The van der Waals surface area contributed by atoms with Gasteiger partial charge in [0.1, 0.15) is 30.9 Å². The summed E-state index contributed by atoms with van der Waals surface area (Å²) in [6.45, 7) is 9.30. The van der Waals surface area contributed by atoms with Crippen molar-refractivity contribution in [2.75, 3.05) is 25.1 Å². The number of carbonyl (C=O) groups excluding carboxylic acids is 1. The molecule has 2 aromatic heterocycles. The SMILES string of the molecule is CCc1cc(-c2noc(-c3cc(C)nc(NC(C)C)c3)n2)cc(C)c1OCC(O)CNC(=O)CO. The van der Waals surface area contributed by atoms with Gasteiger partial charge in [0.05, 0.1) is 0 Å². The lowest BCUT2D eigenvalue weighted by Gasteiger charge is -2.17. The highest BCUT2D eigenvalue weighted by molar-refractivity contribution is 5.76. The van der Waals surface area contributed by atoms with Gasteiger partial charge in [-0.2, -0.15) is 4.98 Å². The molecule has 1 unspecified atom stereocenters. The molecule has 10 nitrogen and oxygen atoms in total. The number of aryl methyl sites for hydroxylation is 3. The van der Waals surface area contributed by atoms with Crippen LogP contribution in [-0.2, 0) is 11.2 Å². The molecule has 3 rings (SSSR count). The van der Waals surface area contributed by atoms with E-state index in [4.69, 9.17) is 14.4 Å². The Kier molecular flexibility index (Phi) is 8.78. The van der Waals surface area contributed by atoms with Gasteiger partial charge in [0.2, 0.25) is 11.7 Å². The summed E-state index contributed by atoms with van der Waals surface area (Å²) in [6.07, 6.45) is -0.215. The second-order valence-corrected chi connectivity index (χ2v) is 8.67. The summed E-state index contributed by atoms with van der Waals surface area (Å²) in [6, 6.07) is 7.88. The predicted octanol–water partition coefficient (Wildman–Crippen LogP) is 2.65. The molecule has 0 saturated carbocycles. The minimum absolute atomic E-state index is 0.000602. The smallest absolute Gasteiger partial charge is 0.258 e. The summed E-state index contributed by atoms with van der Waals surface area (Å²) in [7, 11) is 0. The van der Waals surface area contributed by atoms with E-state index in [1.807, 2.05) is 58.9 Å². The molecule has 35 heavy (non-hydrogen) atoms. The van der Waals surface area contributed by atoms with Gasteiger partial charge >= 0.3 is 0 Å². The van der Waals surface area contributed by atoms with Crippen molar-refractivity contribution < 1.29 is 24.3 Å². The van der Waals surface area contributed by atoms with Crippen LogP contribution in [0.15, 0.2) is 28.8 Å². The Labute approximate surface area is 204 Å². The van der Waals surface area contributed by atoms with Crippen LogP contribution in [0.4, 0.5) is 5.82 Å². The van der Waals surface area contributed by atoms with E-state index >= 15 is 0 Å². The van der Waals surface area contributed by atoms with E-state index in [1.54, 1.807) is 0 Å². The van der Waals surface area contributed by atoms with Gasteiger partial charge in [-0.05, 0) is 69.5 Å². The lowest BCUT2D eigenvalue weighted by atomic mass is 10.0. The van der Waals surface area contributed by atoms with Crippen molar-refractivity contribution in [3.8, 4) is 28.6 Å². The third-order valence-electron chi connectivity index (χ3n) is 5.15. The molecule has 0 aliphatic carbocycles. The van der Waals surface area contributed by atoms with Gasteiger partial charge in [0, 0.05) is 29.4 Å². The van der Waals surface area contributed by atoms with Crippen LogP contribution in [0, 0.1) is 13.8 Å². The molecule has 188 valence electrons. The fourth-order valence-corrected chi connectivity index (χ4v) is 3.59. The predicted molar refractivity (Wildman–Crippen MR) is 132 cm³/mol.